The molecule has 0 spiro atoms. The van der Waals surface area contributed by atoms with E-state index in [1.165, 1.54) is 0 Å². The number of anilines is 2. The molecule has 8 heteroatoms. The minimum absolute atomic E-state index is 0.127. The standard InChI is InChI=1S/C15H19N5O2S/c1-3-22-13-6-4-11(5-7-13)16-14(21)17-12-8-20(9-12)15-19-18-10(2)23-15/h4-7,12H,3,8-9H2,1-2H3,(H2,16,17,21). The van der Waals surface area contributed by atoms with Crippen molar-refractivity contribution in [1.29, 1.82) is 0 Å². The van der Waals surface area contributed by atoms with Crippen LogP contribution in [0.1, 0.15) is 11.9 Å². The average molecular weight is 333 g/mol. The molecule has 0 radical (unpaired) electrons. The van der Waals surface area contributed by atoms with E-state index in [1.807, 2.05) is 38.1 Å². The fourth-order valence-electron chi connectivity index (χ4n) is 2.29. The summed E-state index contributed by atoms with van der Waals surface area (Å²) >= 11 is 1.56. The van der Waals surface area contributed by atoms with Crippen molar-refractivity contribution in [2.24, 2.45) is 0 Å². The summed E-state index contributed by atoms with van der Waals surface area (Å²) in [6.45, 7) is 6.00. The van der Waals surface area contributed by atoms with Crippen molar-refractivity contribution in [3.05, 3.63) is 29.3 Å². The summed E-state index contributed by atoms with van der Waals surface area (Å²) in [4.78, 5) is 14.1. The first-order chi connectivity index (χ1) is 11.1. The van der Waals surface area contributed by atoms with Gasteiger partial charge in [0.1, 0.15) is 10.8 Å². The molecule has 2 aromatic rings. The zero-order valence-electron chi connectivity index (χ0n) is 13.1. The fraction of sp³-hybridized carbons (Fsp3) is 0.400. The minimum atomic E-state index is -0.202. The largest absolute Gasteiger partial charge is 0.494 e. The van der Waals surface area contributed by atoms with E-state index in [0.717, 1.165) is 34.7 Å². The van der Waals surface area contributed by atoms with Crippen LogP contribution in [0.25, 0.3) is 0 Å². The molecule has 3 rings (SSSR count). The third kappa shape index (κ3) is 3.89. The number of carbonyl (C=O) groups is 1. The molecule has 0 unspecified atom stereocenters. The molecule has 23 heavy (non-hydrogen) atoms. The van der Waals surface area contributed by atoms with Crippen molar-refractivity contribution in [3.8, 4) is 5.75 Å². The summed E-state index contributed by atoms with van der Waals surface area (Å²) in [5.41, 5.74) is 0.738. The minimum Gasteiger partial charge on any atom is -0.494 e. The van der Waals surface area contributed by atoms with Crippen molar-refractivity contribution in [2.75, 3.05) is 29.9 Å². The highest BCUT2D eigenvalue weighted by atomic mass is 32.1. The van der Waals surface area contributed by atoms with Crippen molar-refractivity contribution >= 4 is 28.2 Å². The number of hydrogen-bond acceptors (Lipinski definition) is 6. The highest BCUT2D eigenvalue weighted by molar-refractivity contribution is 7.15. The molecule has 1 saturated heterocycles. The summed E-state index contributed by atoms with van der Waals surface area (Å²) in [7, 11) is 0. The van der Waals surface area contributed by atoms with Gasteiger partial charge in [-0.15, -0.1) is 10.2 Å². The Morgan fingerprint density at radius 3 is 2.70 bits per heavy atom. The predicted octanol–water partition coefficient (Wildman–Crippen LogP) is 2.26. The number of urea groups is 1. The monoisotopic (exact) mass is 333 g/mol. The maximum Gasteiger partial charge on any atom is 0.319 e. The molecule has 122 valence electrons. The van der Waals surface area contributed by atoms with Crippen LogP contribution in [-0.4, -0.2) is 42.0 Å². The maximum atomic E-state index is 12.0. The second kappa shape index (κ2) is 6.82. The van der Waals surface area contributed by atoms with Crippen LogP contribution >= 0.6 is 11.3 Å². The van der Waals surface area contributed by atoms with E-state index in [1.54, 1.807) is 11.3 Å². The van der Waals surface area contributed by atoms with Gasteiger partial charge in [0.15, 0.2) is 0 Å². The molecule has 1 aromatic carbocycles. The van der Waals surface area contributed by atoms with Gasteiger partial charge < -0.3 is 20.3 Å². The smallest absolute Gasteiger partial charge is 0.319 e. The lowest BCUT2D eigenvalue weighted by molar-refractivity contribution is 0.245. The average Bonchev–Trinajstić information content (AvgIpc) is 2.91. The van der Waals surface area contributed by atoms with Crippen LogP contribution in [-0.2, 0) is 0 Å². The lowest BCUT2D eigenvalue weighted by Crippen LogP contribution is -2.60. The molecule has 0 aliphatic carbocycles. The van der Waals surface area contributed by atoms with E-state index in [4.69, 9.17) is 4.74 Å². The fourth-order valence-corrected chi connectivity index (χ4v) is 3.00. The molecular weight excluding hydrogens is 314 g/mol. The molecule has 0 saturated carbocycles. The number of hydrogen-bond donors (Lipinski definition) is 2. The third-order valence-corrected chi connectivity index (χ3v) is 4.33. The molecule has 1 fully saturated rings. The van der Waals surface area contributed by atoms with Gasteiger partial charge in [-0.2, -0.15) is 0 Å². The number of ether oxygens (including phenoxy) is 1. The van der Waals surface area contributed by atoms with E-state index in [-0.39, 0.29) is 12.1 Å². The summed E-state index contributed by atoms with van der Waals surface area (Å²) in [5, 5.41) is 15.7. The van der Waals surface area contributed by atoms with E-state index in [9.17, 15) is 4.79 Å². The molecule has 2 N–H and O–H groups in total. The molecule has 1 aliphatic rings. The van der Waals surface area contributed by atoms with Gasteiger partial charge in [0.05, 0.1) is 12.6 Å². The van der Waals surface area contributed by atoms with Crippen LogP contribution in [0.15, 0.2) is 24.3 Å². The van der Waals surface area contributed by atoms with Crippen LogP contribution in [0.3, 0.4) is 0 Å². The number of aryl methyl sites for hydroxylation is 1. The second-order valence-electron chi connectivity index (χ2n) is 5.26. The molecule has 1 aliphatic heterocycles. The predicted molar refractivity (Wildman–Crippen MR) is 90.4 cm³/mol. The van der Waals surface area contributed by atoms with Gasteiger partial charge in [-0.05, 0) is 38.1 Å². The van der Waals surface area contributed by atoms with Crippen LogP contribution in [0.4, 0.5) is 15.6 Å². The van der Waals surface area contributed by atoms with Crippen LogP contribution in [0.5, 0.6) is 5.75 Å². The number of amides is 2. The molecule has 0 atom stereocenters. The van der Waals surface area contributed by atoms with Crippen LogP contribution in [0, 0.1) is 6.92 Å². The Bertz CT molecular complexity index is 667. The zero-order valence-corrected chi connectivity index (χ0v) is 13.9. The molecular formula is C15H19N5O2S. The molecule has 1 aromatic heterocycles. The normalized spacial score (nSPS) is 14.3. The van der Waals surface area contributed by atoms with Gasteiger partial charge in [-0.25, -0.2) is 4.79 Å². The first-order valence-electron chi connectivity index (χ1n) is 7.49. The second-order valence-corrected chi connectivity index (χ2v) is 6.42. The summed E-state index contributed by atoms with van der Waals surface area (Å²) in [5.74, 6) is 0.792. The van der Waals surface area contributed by atoms with Crippen molar-refractivity contribution < 1.29 is 9.53 Å². The van der Waals surface area contributed by atoms with Gasteiger partial charge >= 0.3 is 6.03 Å². The van der Waals surface area contributed by atoms with Gasteiger partial charge in [0, 0.05) is 18.8 Å². The Balaban J connectivity index is 1.43. The van der Waals surface area contributed by atoms with E-state index < -0.39 is 0 Å². The van der Waals surface area contributed by atoms with Crippen molar-refractivity contribution in [1.82, 2.24) is 15.5 Å². The summed E-state index contributed by atoms with van der Waals surface area (Å²) in [6.07, 6.45) is 0. The van der Waals surface area contributed by atoms with Gasteiger partial charge in [-0.3, -0.25) is 0 Å². The molecule has 0 bridgehead atoms. The van der Waals surface area contributed by atoms with E-state index in [2.05, 4.69) is 25.7 Å². The Kier molecular flexibility index (Phi) is 4.61. The van der Waals surface area contributed by atoms with Gasteiger partial charge in [0.25, 0.3) is 0 Å². The van der Waals surface area contributed by atoms with Crippen molar-refractivity contribution in [3.63, 3.8) is 0 Å². The number of nitrogens with one attached hydrogen (secondary N) is 2. The van der Waals surface area contributed by atoms with Gasteiger partial charge in [-0.1, -0.05) is 11.3 Å². The van der Waals surface area contributed by atoms with E-state index in [0.29, 0.717) is 6.61 Å². The highest BCUT2D eigenvalue weighted by Crippen LogP contribution is 2.24. The maximum absolute atomic E-state index is 12.0. The van der Waals surface area contributed by atoms with Crippen molar-refractivity contribution in [2.45, 2.75) is 19.9 Å². The lowest BCUT2D eigenvalue weighted by atomic mass is 10.1. The molecule has 7 nitrogen and oxygen atoms in total. The quantitative estimate of drug-likeness (QED) is 0.877. The topological polar surface area (TPSA) is 79.4 Å². The van der Waals surface area contributed by atoms with Crippen LogP contribution < -0.4 is 20.3 Å². The van der Waals surface area contributed by atoms with Gasteiger partial charge in [0.2, 0.25) is 5.13 Å². The number of benzene rings is 1. The lowest BCUT2D eigenvalue weighted by Gasteiger charge is -2.38. The summed E-state index contributed by atoms with van der Waals surface area (Å²) in [6, 6.07) is 7.24. The first kappa shape index (κ1) is 15.5. The SMILES string of the molecule is CCOc1ccc(NC(=O)NC2CN(c3nnc(C)s3)C2)cc1. The number of aromatic nitrogens is 2. The third-order valence-electron chi connectivity index (χ3n) is 3.43. The highest BCUT2D eigenvalue weighted by Gasteiger charge is 2.30. The Morgan fingerprint density at radius 1 is 1.35 bits per heavy atom. The van der Waals surface area contributed by atoms with E-state index >= 15 is 0 Å². The zero-order chi connectivity index (χ0) is 16.2. The van der Waals surface area contributed by atoms with Crippen LogP contribution in [0.2, 0.25) is 0 Å². The number of rotatable bonds is 5. The molecule has 2 heterocycles. The Hall–Kier alpha value is -2.35. The first-order valence-corrected chi connectivity index (χ1v) is 8.31. The summed E-state index contributed by atoms with van der Waals surface area (Å²) < 4.78 is 5.37. The Labute approximate surface area is 138 Å². The number of nitrogens with zero attached hydrogens (tertiary/aromatic N) is 3. The number of carbonyl (C=O) groups excluding carboxylic acids is 1. The molecule has 2 amide bonds. The Morgan fingerprint density at radius 2 is 2.09 bits per heavy atom.